The zero-order chi connectivity index (χ0) is 12.8. The van der Waals surface area contributed by atoms with E-state index in [4.69, 9.17) is 0 Å². The van der Waals surface area contributed by atoms with E-state index < -0.39 is 16.8 Å². The molecule has 0 radical (unpaired) electrons. The summed E-state index contributed by atoms with van der Waals surface area (Å²) in [5, 5.41) is 9.25. The molecule has 0 saturated heterocycles. The van der Waals surface area contributed by atoms with Crippen LogP contribution in [-0.4, -0.2) is 15.1 Å². The number of halogens is 1. The van der Waals surface area contributed by atoms with Gasteiger partial charge >= 0.3 is 0 Å². The van der Waals surface area contributed by atoms with Crippen molar-refractivity contribution in [3.8, 4) is 5.75 Å². The first-order valence-electron chi connectivity index (χ1n) is 5.67. The van der Waals surface area contributed by atoms with Crippen LogP contribution in [-0.2, 0) is 11.0 Å². The molecule has 0 bridgehead atoms. The molecule has 0 spiro atoms. The van der Waals surface area contributed by atoms with Crippen LogP contribution in [0.5, 0.6) is 5.75 Å². The van der Waals surface area contributed by atoms with Crippen molar-refractivity contribution < 1.29 is 13.7 Å². The third-order valence-electron chi connectivity index (χ3n) is 2.46. The van der Waals surface area contributed by atoms with Gasteiger partial charge in [0.25, 0.3) is 0 Å². The van der Waals surface area contributed by atoms with E-state index >= 15 is 0 Å². The Balaban J connectivity index is 2.60. The molecule has 0 heterocycles. The fourth-order valence-corrected chi connectivity index (χ4v) is 2.60. The predicted octanol–water partition coefficient (Wildman–Crippen LogP) is 2.65. The van der Waals surface area contributed by atoms with Gasteiger partial charge in [-0.15, -0.1) is 0 Å². The van der Waals surface area contributed by atoms with E-state index in [1.807, 2.05) is 13.8 Å². The van der Waals surface area contributed by atoms with E-state index in [1.165, 1.54) is 12.1 Å². The minimum absolute atomic E-state index is 0.181. The summed E-state index contributed by atoms with van der Waals surface area (Å²) in [6.07, 6.45) is 1.90. The van der Waals surface area contributed by atoms with Crippen molar-refractivity contribution in [3.05, 3.63) is 29.6 Å². The Morgan fingerprint density at radius 1 is 1.53 bits per heavy atom. The topological polar surface area (TPSA) is 49.3 Å². The van der Waals surface area contributed by atoms with Crippen molar-refractivity contribution in [1.29, 1.82) is 0 Å². The minimum atomic E-state index is -1.09. The maximum atomic E-state index is 12.9. The summed E-state index contributed by atoms with van der Waals surface area (Å²) in [6, 6.07) is 3.95. The molecule has 0 aliphatic heterocycles. The van der Waals surface area contributed by atoms with Crippen LogP contribution in [0, 0.1) is 5.82 Å². The summed E-state index contributed by atoms with van der Waals surface area (Å²) in [7, 11) is -1.09. The molecule has 17 heavy (non-hydrogen) atoms. The molecule has 1 aromatic carbocycles. The number of hydrogen-bond acceptors (Lipinski definition) is 2. The second kappa shape index (κ2) is 6.71. The first-order chi connectivity index (χ1) is 8.04. The van der Waals surface area contributed by atoms with Crippen LogP contribution in [0.3, 0.4) is 0 Å². The maximum Gasteiger partial charge on any atom is 0.164 e. The maximum absolute atomic E-state index is 12.9. The second-order valence-electron chi connectivity index (χ2n) is 3.95. The van der Waals surface area contributed by atoms with Crippen LogP contribution in [0.1, 0.15) is 38.3 Å². The van der Waals surface area contributed by atoms with Gasteiger partial charge in [0.1, 0.15) is 0 Å². The van der Waals surface area contributed by atoms with E-state index in [-0.39, 0.29) is 11.8 Å². The zero-order valence-corrected chi connectivity index (χ0v) is 10.9. The summed E-state index contributed by atoms with van der Waals surface area (Å²) in [5.41, 5.74) is 0.716. The van der Waals surface area contributed by atoms with Crippen molar-refractivity contribution in [2.75, 3.05) is 5.75 Å². The average molecular weight is 259 g/mol. The minimum Gasteiger partial charge on any atom is -0.505 e. The quantitative estimate of drug-likeness (QED) is 0.825. The Kier molecular flexibility index (Phi) is 5.58. The molecule has 1 rings (SSSR count). The number of aromatic hydroxyl groups is 1. The Labute approximate surface area is 104 Å². The van der Waals surface area contributed by atoms with Crippen LogP contribution < -0.4 is 4.72 Å². The highest BCUT2D eigenvalue weighted by Crippen LogP contribution is 2.21. The first-order valence-corrected chi connectivity index (χ1v) is 6.99. The summed E-state index contributed by atoms with van der Waals surface area (Å²) >= 11 is 0. The largest absolute Gasteiger partial charge is 0.505 e. The Bertz CT molecular complexity index is 398. The van der Waals surface area contributed by atoms with Gasteiger partial charge in [-0.2, -0.15) is 0 Å². The first kappa shape index (κ1) is 14.1. The lowest BCUT2D eigenvalue weighted by Gasteiger charge is -2.13. The van der Waals surface area contributed by atoms with Gasteiger partial charge in [-0.3, -0.25) is 0 Å². The van der Waals surface area contributed by atoms with Crippen molar-refractivity contribution in [2.24, 2.45) is 0 Å². The highest BCUT2D eigenvalue weighted by Gasteiger charge is 2.10. The number of rotatable bonds is 6. The van der Waals surface area contributed by atoms with Crippen LogP contribution in [0.2, 0.25) is 0 Å². The molecular formula is C12H18FNO2S. The SMILES string of the molecule is CCCC[S@](=O)N[C@@H](C)c1ccc(F)c(O)c1. The van der Waals surface area contributed by atoms with Crippen LogP contribution >= 0.6 is 0 Å². The molecule has 3 nitrogen and oxygen atoms in total. The zero-order valence-electron chi connectivity index (χ0n) is 10.1. The molecule has 0 saturated carbocycles. The van der Waals surface area contributed by atoms with Gasteiger partial charge in [-0.05, 0) is 31.0 Å². The van der Waals surface area contributed by atoms with E-state index in [0.29, 0.717) is 11.3 Å². The number of benzene rings is 1. The summed E-state index contributed by atoms with van der Waals surface area (Å²) in [4.78, 5) is 0. The van der Waals surface area contributed by atoms with Crippen LogP contribution in [0.4, 0.5) is 4.39 Å². The van der Waals surface area contributed by atoms with Crippen LogP contribution in [0.25, 0.3) is 0 Å². The Morgan fingerprint density at radius 2 is 2.24 bits per heavy atom. The third kappa shape index (κ3) is 4.44. The average Bonchev–Trinajstić information content (AvgIpc) is 2.30. The fraction of sp³-hybridized carbons (Fsp3) is 0.500. The fourth-order valence-electron chi connectivity index (χ4n) is 1.40. The van der Waals surface area contributed by atoms with E-state index in [2.05, 4.69) is 4.72 Å². The lowest BCUT2D eigenvalue weighted by atomic mass is 10.1. The molecular weight excluding hydrogens is 241 g/mol. The van der Waals surface area contributed by atoms with Gasteiger partial charge in [0, 0.05) is 11.8 Å². The van der Waals surface area contributed by atoms with E-state index in [0.717, 1.165) is 12.8 Å². The smallest absolute Gasteiger partial charge is 0.164 e. The predicted molar refractivity (Wildman–Crippen MR) is 67.5 cm³/mol. The van der Waals surface area contributed by atoms with Crippen molar-refractivity contribution in [3.63, 3.8) is 0 Å². The second-order valence-corrected chi connectivity index (χ2v) is 5.29. The molecule has 0 fully saturated rings. The van der Waals surface area contributed by atoms with Crippen molar-refractivity contribution in [1.82, 2.24) is 4.72 Å². The Hall–Kier alpha value is -0.940. The highest BCUT2D eigenvalue weighted by molar-refractivity contribution is 7.83. The molecule has 0 amide bonds. The molecule has 2 N–H and O–H groups in total. The lowest BCUT2D eigenvalue weighted by Crippen LogP contribution is -2.23. The molecule has 96 valence electrons. The molecule has 0 unspecified atom stereocenters. The van der Waals surface area contributed by atoms with Gasteiger partial charge in [-0.25, -0.2) is 13.3 Å². The summed E-state index contributed by atoms with van der Waals surface area (Å²) < 4.78 is 27.4. The molecule has 0 aromatic heterocycles. The van der Waals surface area contributed by atoms with Gasteiger partial charge in [-0.1, -0.05) is 19.4 Å². The van der Waals surface area contributed by atoms with Crippen LogP contribution in [0.15, 0.2) is 18.2 Å². The van der Waals surface area contributed by atoms with Crippen molar-refractivity contribution >= 4 is 11.0 Å². The number of nitrogens with one attached hydrogen (secondary N) is 1. The molecule has 0 aliphatic rings. The standard InChI is InChI=1S/C12H18FNO2S/c1-3-4-7-17(16)14-9(2)10-5-6-11(13)12(15)8-10/h5-6,8-9,14-15H,3-4,7H2,1-2H3/t9-,17-/m0/s1. The highest BCUT2D eigenvalue weighted by atomic mass is 32.2. The monoisotopic (exact) mass is 259 g/mol. The normalized spacial score (nSPS) is 14.5. The molecule has 0 aliphatic carbocycles. The Morgan fingerprint density at radius 3 is 2.82 bits per heavy atom. The van der Waals surface area contributed by atoms with Gasteiger partial charge in [0.2, 0.25) is 0 Å². The molecule has 1 aromatic rings. The van der Waals surface area contributed by atoms with Gasteiger partial charge < -0.3 is 5.11 Å². The summed E-state index contributed by atoms with van der Waals surface area (Å²) in [6.45, 7) is 3.87. The molecule has 5 heteroatoms. The van der Waals surface area contributed by atoms with Gasteiger partial charge in [0.15, 0.2) is 11.6 Å². The molecule has 2 atom stereocenters. The van der Waals surface area contributed by atoms with Crippen molar-refractivity contribution in [2.45, 2.75) is 32.7 Å². The number of unbranched alkanes of at least 4 members (excludes halogenated alkanes) is 1. The lowest BCUT2D eigenvalue weighted by molar-refractivity contribution is 0.431. The number of phenols is 1. The third-order valence-corrected chi connectivity index (χ3v) is 3.74. The summed E-state index contributed by atoms with van der Waals surface area (Å²) in [5.74, 6) is -0.419. The van der Waals surface area contributed by atoms with Gasteiger partial charge in [0.05, 0.1) is 11.0 Å². The van der Waals surface area contributed by atoms with E-state index in [1.54, 1.807) is 6.07 Å². The van der Waals surface area contributed by atoms with E-state index in [9.17, 15) is 13.7 Å². The number of phenolic OH excluding ortho intramolecular Hbond substituents is 1. The number of hydrogen-bond donors (Lipinski definition) is 2.